The minimum Gasteiger partial charge on any atom is -0.462 e. The highest BCUT2D eigenvalue weighted by atomic mass is 16.5. The van der Waals surface area contributed by atoms with Crippen LogP contribution in [0.1, 0.15) is 79.1 Å². The van der Waals surface area contributed by atoms with Gasteiger partial charge < -0.3 is 4.74 Å². The van der Waals surface area contributed by atoms with Crippen LogP contribution in [0.3, 0.4) is 0 Å². The van der Waals surface area contributed by atoms with Crippen molar-refractivity contribution in [3.63, 3.8) is 0 Å². The lowest BCUT2D eigenvalue weighted by molar-refractivity contribution is -0.149. The van der Waals surface area contributed by atoms with Crippen LogP contribution in [0.2, 0.25) is 0 Å². The zero-order valence-electron chi connectivity index (χ0n) is 17.3. The molecule has 0 aromatic heterocycles. The summed E-state index contributed by atoms with van der Waals surface area (Å²) in [6.45, 7) is 8.33. The molecule has 3 heteroatoms. The van der Waals surface area contributed by atoms with E-state index in [1.165, 1.54) is 32.6 Å². The molecule has 4 saturated carbocycles. The zero-order chi connectivity index (χ0) is 19.2. The van der Waals surface area contributed by atoms with Gasteiger partial charge in [-0.05, 0) is 86.4 Å². The third kappa shape index (κ3) is 2.15. The molecule has 0 heterocycles. The molecule has 4 fully saturated rings. The van der Waals surface area contributed by atoms with Gasteiger partial charge in [0.2, 0.25) is 0 Å². The predicted octanol–water partition coefficient (Wildman–Crippen LogP) is 5.09. The maximum atomic E-state index is 12.6. The zero-order valence-corrected chi connectivity index (χ0v) is 17.3. The number of carbonyl (C=O) groups is 2. The van der Waals surface area contributed by atoms with E-state index >= 15 is 0 Å². The van der Waals surface area contributed by atoms with Crippen LogP contribution in [0.25, 0.3) is 0 Å². The molecule has 0 bridgehead atoms. The van der Waals surface area contributed by atoms with Gasteiger partial charge in [0.1, 0.15) is 11.9 Å². The maximum absolute atomic E-state index is 12.6. The first-order valence-corrected chi connectivity index (χ1v) is 11.1. The van der Waals surface area contributed by atoms with Crippen LogP contribution in [-0.2, 0) is 14.3 Å². The van der Waals surface area contributed by atoms with Gasteiger partial charge in [0, 0.05) is 18.8 Å². The average molecular weight is 371 g/mol. The van der Waals surface area contributed by atoms with Crippen molar-refractivity contribution in [2.75, 3.05) is 0 Å². The molecule has 0 aromatic carbocycles. The van der Waals surface area contributed by atoms with Crippen molar-refractivity contribution >= 4 is 11.8 Å². The SMILES string of the molecule is CC(=O)O[C@H]1CC[C@@]2(C)C(=CC[C@@H]3[C@@H]2CC[C@@]2(C)[C@H]3C[C@H]3C[C@]32C(C)=O)C1. The summed E-state index contributed by atoms with van der Waals surface area (Å²) in [6.07, 6.45) is 11.8. The minimum atomic E-state index is -0.147. The number of hydrogen-bond acceptors (Lipinski definition) is 3. The van der Waals surface area contributed by atoms with Crippen LogP contribution in [0.5, 0.6) is 0 Å². The van der Waals surface area contributed by atoms with E-state index in [1.54, 1.807) is 5.57 Å². The van der Waals surface area contributed by atoms with Gasteiger partial charge in [-0.1, -0.05) is 25.5 Å². The van der Waals surface area contributed by atoms with Crippen LogP contribution in [0.15, 0.2) is 11.6 Å². The maximum Gasteiger partial charge on any atom is 0.302 e. The van der Waals surface area contributed by atoms with Crippen LogP contribution in [-0.4, -0.2) is 17.9 Å². The quantitative estimate of drug-likeness (QED) is 0.502. The van der Waals surface area contributed by atoms with Crippen molar-refractivity contribution in [1.82, 2.24) is 0 Å². The Labute approximate surface area is 163 Å². The summed E-state index contributed by atoms with van der Waals surface area (Å²) in [7, 11) is 0. The van der Waals surface area contributed by atoms with Gasteiger partial charge in [-0.2, -0.15) is 0 Å². The van der Waals surface area contributed by atoms with Crippen LogP contribution in [0.4, 0.5) is 0 Å². The van der Waals surface area contributed by atoms with E-state index < -0.39 is 0 Å². The van der Waals surface area contributed by atoms with Crippen molar-refractivity contribution < 1.29 is 14.3 Å². The highest BCUT2D eigenvalue weighted by molar-refractivity contribution is 5.87. The minimum absolute atomic E-state index is 0.0283. The van der Waals surface area contributed by atoms with Gasteiger partial charge in [-0.15, -0.1) is 0 Å². The Morgan fingerprint density at radius 3 is 2.59 bits per heavy atom. The molecule has 0 amide bonds. The Morgan fingerprint density at radius 2 is 1.89 bits per heavy atom. The van der Waals surface area contributed by atoms with E-state index in [0.29, 0.717) is 11.7 Å². The van der Waals surface area contributed by atoms with Crippen molar-refractivity contribution in [2.45, 2.75) is 85.2 Å². The van der Waals surface area contributed by atoms with Crippen LogP contribution < -0.4 is 0 Å². The summed E-state index contributed by atoms with van der Waals surface area (Å²) in [5.74, 6) is 3.20. The lowest BCUT2D eigenvalue weighted by Crippen LogP contribution is -2.52. The van der Waals surface area contributed by atoms with Crippen molar-refractivity contribution in [3.8, 4) is 0 Å². The van der Waals surface area contributed by atoms with E-state index in [9.17, 15) is 9.59 Å². The van der Waals surface area contributed by atoms with Gasteiger partial charge >= 0.3 is 5.97 Å². The largest absolute Gasteiger partial charge is 0.462 e. The number of Topliss-reactive ketones (excluding diaryl/α,β-unsaturated/α-hetero) is 1. The molecule has 0 radical (unpaired) electrons. The standard InChI is InChI=1S/C24H34O3/c1-14(25)24-13-17(24)12-21-19-6-5-16-11-18(27-15(2)26)7-9-22(16,3)20(19)8-10-23(21,24)4/h5,17-21H,6-13H2,1-4H3/t17-,18-,19+,20-,21-,22-,23-,24-/m0/s1. The molecule has 0 saturated heterocycles. The number of ether oxygens (including phenoxy) is 1. The van der Waals surface area contributed by atoms with Gasteiger partial charge in [0.25, 0.3) is 0 Å². The fourth-order valence-corrected chi connectivity index (χ4v) is 8.73. The molecule has 0 aliphatic heterocycles. The molecule has 0 aromatic rings. The van der Waals surface area contributed by atoms with E-state index in [4.69, 9.17) is 4.74 Å². The number of hydrogen-bond donors (Lipinski definition) is 0. The lowest BCUT2D eigenvalue weighted by Gasteiger charge is -2.59. The van der Waals surface area contributed by atoms with E-state index in [-0.39, 0.29) is 28.3 Å². The Bertz CT molecular complexity index is 738. The van der Waals surface area contributed by atoms with Crippen LogP contribution in [0, 0.1) is 39.9 Å². The molecule has 5 aliphatic carbocycles. The molecule has 0 N–H and O–H groups in total. The average Bonchev–Trinajstić information content (AvgIpc) is 3.27. The Balaban J connectivity index is 1.43. The number of ketones is 1. The fraction of sp³-hybridized carbons (Fsp3) is 0.833. The molecule has 8 atom stereocenters. The molecular formula is C24H34O3. The molecule has 148 valence electrons. The highest BCUT2D eigenvalue weighted by Crippen LogP contribution is 2.80. The topological polar surface area (TPSA) is 43.4 Å². The molecule has 5 aliphatic rings. The Hall–Kier alpha value is -1.12. The fourth-order valence-electron chi connectivity index (χ4n) is 8.73. The summed E-state index contributed by atoms with van der Waals surface area (Å²) in [6, 6.07) is 0. The van der Waals surface area contributed by atoms with E-state index in [2.05, 4.69) is 19.9 Å². The molecule has 0 unspecified atom stereocenters. The first-order chi connectivity index (χ1) is 12.7. The summed E-state index contributed by atoms with van der Waals surface area (Å²) in [5.41, 5.74) is 2.09. The number of fused-ring (bicyclic) bond motifs is 7. The lowest BCUT2D eigenvalue weighted by atomic mass is 9.46. The second-order valence-electron chi connectivity index (χ2n) is 10.9. The number of allylic oxidation sites excluding steroid dienone is 1. The first kappa shape index (κ1) is 17.9. The summed E-state index contributed by atoms with van der Waals surface area (Å²) in [5, 5.41) is 0. The van der Waals surface area contributed by atoms with Crippen molar-refractivity contribution in [2.24, 2.45) is 39.9 Å². The number of carbonyl (C=O) groups excluding carboxylic acids is 2. The second kappa shape index (κ2) is 5.48. The summed E-state index contributed by atoms with van der Waals surface area (Å²) >= 11 is 0. The monoisotopic (exact) mass is 370 g/mol. The van der Waals surface area contributed by atoms with Gasteiger partial charge in [-0.25, -0.2) is 0 Å². The first-order valence-electron chi connectivity index (χ1n) is 11.1. The van der Waals surface area contributed by atoms with Crippen LogP contribution >= 0.6 is 0 Å². The Morgan fingerprint density at radius 1 is 1.11 bits per heavy atom. The summed E-state index contributed by atoms with van der Waals surface area (Å²) < 4.78 is 5.55. The normalized spacial score (nSPS) is 52.6. The predicted molar refractivity (Wildman–Crippen MR) is 104 cm³/mol. The second-order valence-corrected chi connectivity index (χ2v) is 10.9. The Kier molecular flexibility index (Phi) is 3.64. The van der Waals surface area contributed by atoms with Crippen molar-refractivity contribution in [1.29, 1.82) is 0 Å². The molecule has 27 heavy (non-hydrogen) atoms. The number of rotatable bonds is 2. The van der Waals surface area contributed by atoms with Gasteiger partial charge in [0.15, 0.2) is 0 Å². The third-order valence-electron chi connectivity index (χ3n) is 10.1. The van der Waals surface area contributed by atoms with E-state index in [1.807, 2.05) is 6.92 Å². The highest BCUT2D eigenvalue weighted by Gasteiger charge is 2.76. The molecular weight excluding hydrogens is 336 g/mol. The molecule has 0 spiro atoms. The third-order valence-corrected chi connectivity index (χ3v) is 10.1. The molecule has 5 rings (SSSR count). The number of esters is 1. The summed E-state index contributed by atoms with van der Waals surface area (Å²) in [4.78, 5) is 24.0. The van der Waals surface area contributed by atoms with Gasteiger partial charge in [-0.3, -0.25) is 9.59 Å². The smallest absolute Gasteiger partial charge is 0.302 e. The van der Waals surface area contributed by atoms with Gasteiger partial charge in [0.05, 0.1) is 0 Å². The molecule has 3 nitrogen and oxygen atoms in total. The van der Waals surface area contributed by atoms with Crippen molar-refractivity contribution in [3.05, 3.63) is 11.6 Å². The van der Waals surface area contributed by atoms with E-state index in [0.717, 1.165) is 43.4 Å².